The second-order valence-corrected chi connectivity index (χ2v) is 7.92. The molecule has 1 aromatic rings. The van der Waals surface area contributed by atoms with Crippen molar-refractivity contribution in [3.8, 4) is 0 Å². The second kappa shape index (κ2) is 5.34. The van der Waals surface area contributed by atoms with Gasteiger partial charge in [-0.2, -0.15) is 4.31 Å². The van der Waals surface area contributed by atoms with Gasteiger partial charge in [0.2, 0.25) is 10.0 Å². The fourth-order valence-electron chi connectivity index (χ4n) is 3.52. The van der Waals surface area contributed by atoms with Crippen LogP contribution in [0, 0.1) is 0 Å². The Morgan fingerprint density at radius 1 is 1.10 bits per heavy atom. The lowest BCUT2D eigenvalue weighted by atomic mass is 10.0. The number of piperidine rings is 1. The number of aryl methyl sites for hydroxylation is 1. The summed E-state index contributed by atoms with van der Waals surface area (Å²) in [5, 5.41) is 0. The van der Waals surface area contributed by atoms with Crippen LogP contribution in [-0.4, -0.2) is 30.6 Å². The Kier molecular flexibility index (Phi) is 3.69. The third kappa shape index (κ3) is 2.67. The molecule has 3 rings (SSSR count). The van der Waals surface area contributed by atoms with Crippen molar-refractivity contribution < 1.29 is 8.42 Å². The maximum absolute atomic E-state index is 12.6. The highest BCUT2D eigenvalue weighted by atomic mass is 32.2. The van der Waals surface area contributed by atoms with E-state index < -0.39 is 10.0 Å². The van der Waals surface area contributed by atoms with Crippen molar-refractivity contribution in [3.05, 3.63) is 48.0 Å². The summed E-state index contributed by atoms with van der Waals surface area (Å²) in [6.07, 6.45) is 4.28. The van der Waals surface area contributed by atoms with Crippen LogP contribution in [0.4, 0.5) is 0 Å². The minimum Gasteiger partial charge on any atom is -0.212 e. The zero-order valence-electron chi connectivity index (χ0n) is 11.7. The molecule has 108 valence electrons. The van der Waals surface area contributed by atoms with Crippen molar-refractivity contribution in [1.82, 2.24) is 4.31 Å². The van der Waals surface area contributed by atoms with Gasteiger partial charge in [-0.15, -0.1) is 0 Å². The number of hydrogen-bond donors (Lipinski definition) is 0. The lowest BCUT2D eigenvalue weighted by Crippen LogP contribution is -2.45. The Morgan fingerprint density at radius 2 is 1.70 bits per heavy atom. The smallest absolute Gasteiger partial charge is 0.212 e. The van der Waals surface area contributed by atoms with Gasteiger partial charge in [0.15, 0.2) is 0 Å². The minimum atomic E-state index is -3.15. The first kappa shape index (κ1) is 13.8. The normalized spacial score (nSPS) is 26.9. The maximum Gasteiger partial charge on any atom is 0.214 e. The lowest BCUT2D eigenvalue weighted by Gasteiger charge is -2.34. The van der Waals surface area contributed by atoms with E-state index in [1.165, 1.54) is 5.57 Å². The first-order valence-corrected chi connectivity index (χ1v) is 8.89. The fourth-order valence-corrected chi connectivity index (χ4v) is 5.50. The average molecular weight is 291 g/mol. The molecule has 1 aromatic carbocycles. The van der Waals surface area contributed by atoms with Crippen LogP contribution in [-0.2, 0) is 16.4 Å². The highest BCUT2D eigenvalue weighted by molar-refractivity contribution is 7.89. The van der Waals surface area contributed by atoms with Crippen LogP contribution in [0.25, 0.3) is 0 Å². The van der Waals surface area contributed by atoms with Crippen LogP contribution in [0.1, 0.15) is 31.2 Å². The molecule has 3 nitrogen and oxygen atoms in total. The molecule has 2 saturated heterocycles. The third-order valence-electron chi connectivity index (χ3n) is 4.41. The van der Waals surface area contributed by atoms with Crippen LogP contribution < -0.4 is 0 Å². The van der Waals surface area contributed by atoms with E-state index in [2.05, 4.69) is 6.58 Å². The van der Waals surface area contributed by atoms with Crippen LogP contribution >= 0.6 is 0 Å². The van der Waals surface area contributed by atoms with Crippen molar-refractivity contribution in [2.45, 2.75) is 44.2 Å². The van der Waals surface area contributed by atoms with Gasteiger partial charge in [0.1, 0.15) is 0 Å². The van der Waals surface area contributed by atoms with Crippen molar-refractivity contribution in [3.63, 3.8) is 0 Å². The molecule has 2 bridgehead atoms. The van der Waals surface area contributed by atoms with E-state index >= 15 is 0 Å². The molecule has 2 aliphatic heterocycles. The first-order chi connectivity index (χ1) is 9.56. The topological polar surface area (TPSA) is 37.4 Å². The second-order valence-electron chi connectivity index (χ2n) is 5.92. The van der Waals surface area contributed by atoms with Gasteiger partial charge in [0, 0.05) is 12.1 Å². The van der Waals surface area contributed by atoms with Crippen LogP contribution in [0.5, 0.6) is 0 Å². The van der Waals surface area contributed by atoms with E-state index in [9.17, 15) is 8.42 Å². The molecule has 0 spiro atoms. The molecular formula is C16H21NO2S. The Labute approximate surface area is 121 Å². The van der Waals surface area contributed by atoms with Crippen LogP contribution in [0.15, 0.2) is 42.5 Å². The standard InChI is InChI=1S/C16H21NO2S/c1-13-11-15-7-8-16(12-13)17(15)20(18,19)10-9-14-5-3-2-4-6-14/h2-6,15-16H,1,7-12H2. The Hall–Kier alpha value is -1.13. The third-order valence-corrected chi connectivity index (χ3v) is 6.37. The highest BCUT2D eigenvalue weighted by Gasteiger charge is 2.44. The zero-order chi connectivity index (χ0) is 14.2. The minimum absolute atomic E-state index is 0.169. The Bertz CT molecular complexity index is 578. The summed E-state index contributed by atoms with van der Waals surface area (Å²) in [6.45, 7) is 4.04. The molecule has 0 radical (unpaired) electrons. The number of fused-ring (bicyclic) bond motifs is 2. The quantitative estimate of drug-likeness (QED) is 0.800. The summed E-state index contributed by atoms with van der Waals surface area (Å²) >= 11 is 0. The Balaban J connectivity index is 1.71. The van der Waals surface area contributed by atoms with Crippen molar-refractivity contribution >= 4 is 10.0 Å². The van der Waals surface area contributed by atoms with E-state index in [4.69, 9.17) is 0 Å². The van der Waals surface area contributed by atoms with Gasteiger partial charge in [0.25, 0.3) is 0 Å². The zero-order valence-corrected chi connectivity index (χ0v) is 12.5. The van der Waals surface area contributed by atoms with Gasteiger partial charge in [-0.3, -0.25) is 0 Å². The molecule has 2 unspecified atom stereocenters. The number of hydrogen-bond acceptors (Lipinski definition) is 2. The number of sulfonamides is 1. The monoisotopic (exact) mass is 291 g/mol. The summed E-state index contributed by atoms with van der Waals surface area (Å²) in [7, 11) is -3.15. The van der Waals surface area contributed by atoms with Crippen molar-refractivity contribution in [2.24, 2.45) is 0 Å². The molecular weight excluding hydrogens is 270 g/mol. The summed E-state index contributed by atoms with van der Waals surface area (Å²) in [5.41, 5.74) is 2.30. The molecule has 2 atom stereocenters. The molecule has 2 aliphatic rings. The van der Waals surface area contributed by atoms with Gasteiger partial charge in [-0.1, -0.05) is 42.5 Å². The Morgan fingerprint density at radius 3 is 2.30 bits per heavy atom. The van der Waals surface area contributed by atoms with Crippen LogP contribution in [0.2, 0.25) is 0 Å². The molecule has 0 aliphatic carbocycles. The largest absolute Gasteiger partial charge is 0.214 e. The molecule has 2 fully saturated rings. The molecule has 0 aromatic heterocycles. The molecule has 0 N–H and O–H groups in total. The van der Waals surface area contributed by atoms with E-state index in [0.29, 0.717) is 6.42 Å². The SMILES string of the molecule is C=C1CC2CCC(C1)N2S(=O)(=O)CCc1ccccc1. The summed E-state index contributed by atoms with van der Waals surface area (Å²) in [6, 6.07) is 10.2. The number of rotatable bonds is 4. The summed E-state index contributed by atoms with van der Waals surface area (Å²) in [5.74, 6) is 0.219. The van der Waals surface area contributed by atoms with Gasteiger partial charge in [0.05, 0.1) is 5.75 Å². The molecule has 20 heavy (non-hydrogen) atoms. The lowest BCUT2D eigenvalue weighted by molar-refractivity contribution is 0.286. The van der Waals surface area contributed by atoms with Crippen molar-refractivity contribution in [2.75, 3.05) is 5.75 Å². The first-order valence-electron chi connectivity index (χ1n) is 7.28. The molecule has 0 amide bonds. The van der Waals surface area contributed by atoms with Gasteiger partial charge in [-0.25, -0.2) is 8.42 Å². The van der Waals surface area contributed by atoms with E-state index in [0.717, 1.165) is 31.2 Å². The highest BCUT2D eigenvalue weighted by Crippen LogP contribution is 2.39. The van der Waals surface area contributed by atoms with Crippen LogP contribution in [0.3, 0.4) is 0 Å². The molecule has 2 heterocycles. The molecule has 4 heteroatoms. The summed E-state index contributed by atoms with van der Waals surface area (Å²) in [4.78, 5) is 0. The van der Waals surface area contributed by atoms with E-state index in [1.54, 1.807) is 4.31 Å². The average Bonchev–Trinajstić information content (AvgIpc) is 2.72. The predicted molar refractivity (Wildman–Crippen MR) is 81.0 cm³/mol. The van der Waals surface area contributed by atoms with E-state index in [1.807, 2.05) is 30.3 Å². The molecule has 0 saturated carbocycles. The maximum atomic E-state index is 12.6. The van der Waals surface area contributed by atoms with Gasteiger partial charge >= 0.3 is 0 Å². The fraction of sp³-hybridized carbons (Fsp3) is 0.500. The number of benzene rings is 1. The summed E-state index contributed by atoms with van der Waals surface area (Å²) < 4.78 is 27.0. The van der Waals surface area contributed by atoms with Gasteiger partial charge < -0.3 is 0 Å². The number of nitrogens with zero attached hydrogens (tertiary/aromatic N) is 1. The predicted octanol–water partition coefficient (Wildman–Crippen LogP) is 2.74. The van der Waals surface area contributed by atoms with Gasteiger partial charge in [-0.05, 0) is 37.7 Å². The van der Waals surface area contributed by atoms with Crippen molar-refractivity contribution in [1.29, 1.82) is 0 Å². The van der Waals surface area contributed by atoms with E-state index in [-0.39, 0.29) is 17.8 Å².